The SMILES string of the molecule is CCNC1=NC2C(O)C(O)COC2(CN)S1. The average Bonchev–Trinajstić information content (AvgIpc) is 2.65. The van der Waals surface area contributed by atoms with E-state index in [0.29, 0.717) is 5.17 Å². The Hall–Kier alpha value is -0.340. The highest BCUT2D eigenvalue weighted by Gasteiger charge is 2.54. The molecule has 0 bridgehead atoms. The molecule has 16 heavy (non-hydrogen) atoms. The summed E-state index contributed by atoms with van der Waals surface area (Å²) in [6, 6.07) is -0.500. The largest absolute Gasteiger partial charge is 0.388 e. The van der Waals surface area contributed by atoms with Crippen LogP contribution in [0.2, 0.25) is 0 Å². The molecule has 1 saturated heterocycles. The van der Waals surface area contributed by atoms with Gasteiger partial charge in [-0.25, -0.2) is 0 Å². The number of fused-ring (bicyclic) bond motifs is 1. The van der Waals surface area contributed by atoms with Crippen molar-refractivity contribution in [3.8, 4) is 0 Å². The minimum Gasteiger partial charge on any atom is -0.388 e. The molecule has 2 aliphatic heterocycles. The molecule has 7 heteroatoms. The van der Waals surface area contributed by atoms with Crippen LogP contribution in [0.5, 0.6) is 0 Å². The van der Waals surface area contributed by atoms with Gasteiger partial charge in [-0.1, -0.05) is 0 Å². The second-order valence-corrected chi connectivity index (χ2v) is 5.18. The van der Waals surface area contributed by atoms with Gasteiger partial charge >= 0.3 is 0 Å². The second kappa shape index (κ2) is 4.50. The summed E-state index contributed by atoms with van der Waals surface area (Å²) in [5.41, 5.74) is 5.71. The van der Waals surface area contributed by atoms with Gasteiger partial charge in [0.15, 0.2) is 10.1 Å². The zero-order valence-electron chi connectivity index (χ0n) is 9.09. The zero-order valence-corrected chi connectivity index (χ0v) is 9.91. The van der Waals surface area contributed by atoms with Crippen LogP contribution in [-0.2, 0) is 4.74 Å². The van der Waals surface area contributed by atoms with Crippen LogP contribution in [0.3, 0.4) is 0 Å². The normalized spacial score (nSPS) is 42.8. The van der Waals surface area contributed by atoms with Crippen LogP contribution in [0, 0.1) is 0 Å². The van der Waals surface area contributed by atoms with Crippen LogP contribution in [0.15, 0.2) is 4.99 Å². The second-order valence-electron chi connectivity index (χ2n) is 3.90. The highest BCUT2D eigenvalue weighted by Crippen LogP contribution is 2.42. The minimum atomic E-state index is -0.916. The molecule has 0 aliphatic carbocycles. The first-order chi connectivity index (χ1) is 7.63. The molecular formula is C9H17N3O3S. The maximum atomic E-state index is 9.90. The van der Waals surface area contributed by atoms with E-state index in [-0.39, 0.29) is 13.2 Å². The summed E-state index contributed by atoms with van der Waals surface area (Å²) in [5, 5.41) is 23.2. The molecule has 6 nitrogen and oxygen atoms in total. The predicted molar refractivity (Wildman–Crippen MR) is 62.2 cm³/mol. The number of nitrogens with two attached hydrogens (primary N) is 1. The number of rotatable bonds is 2. The monoisotopic (exact) mass is 247 g/mol. The molecule has 0 spiro atoms. The summed E-state index contributed by atoms with van der Waals surface area (Å²) in [4.78, 5) is 3.60. The Kier molecular flexibility index (Phi) is 3.41. The molecular weight excluding hydrogens is 230 g/mol. The van der Waals surface area contributed by atoms with Gasteiger partial charge < -0.3 is 26.0 Å². The van der Waals surface area contributed by atoms with E-state index in [1.165, 1.54) is 11.8 Å². The van der Waals surface area contributed by atoms with Crippen LogP contribution >= 0.6 is 11.8 Å². The molecule has 0 radical (unpaired) electrons. The number of ether oxygens (including phenoxy) is 1. The lowest BCUT2D eigenvalue weighted by molar-refractivity contribution is -0.141. The quantitative estimate of drug-likeness (QED) is 0.472. The Balaban J connectivity index is 2.20. The number of nitrogens with one attached hydrogen (secondary N) is 1. The van der Waals surface area contributed by atoms with E-state index in [9.17, 15) is 10.2 Å². The fourth-order valence-corrected chi connectivity index (χ4v) is 3.15. The van der Waals surface area contributed by atoms with Gasteiger partial charge in [-0.05, 0) is 18.7 Å². The van der Waals surface area contributed by atoms with E-state index in [0.717, 1.165) is 6.54 Å². The first-order valence-corrected chi connectivity index (χ1v) is 6.15. The van der Waals surface area contributed by atoms with Gasteiger partial charge in [0.25, 0.3) is 0 Å². The summed E-state index contributed by atoms with van der Waals surface area (Å²) in [7, 11) is 0. The van der Waals surface area contributed by atoms with E-state index < -0.39 is 23.2 Å². The van der Waals surface area contributed by atoms with Gasteiger partial charge in [0.1, 0.15) is 18.2 Å². The number of aliphatic hydroxyl groups excluding tert-OH is 2. The molecule has 0 aromatic rings. The fourth-order valence-electron chi connectivity index (χ4n) is 1.92. The van der Waals surface area contributed by atoms with Crippen molar-refractivity contribution >= 4 is 16.9 Å². The number of nitrogens with zero attached hydrogens (tertiary/aromatic N) is 1. The number of aliphatic imine (C=N–C) groups is 1. The van der Waals surface area contributed by atoms with Crippen molar-refractivity contribution in [1.82, 2.24) is 5.32 Å². The summed E-state index contributed by atoms with van der Waals surface area (Å²) in [6.45, 7) is 3.06. The van der Waals surface area contributed by atoms with Gasteiger partial charge in [-0.2, -0.15) is 0 Å². The van der Waals surface area contributed by atoms with Crippen LogP contribution in [-0.4, -0.2) is 58.3 Å². The average molecular weight is 247 g/mol. The maximum absolute atomic E-state index is 9.90. The summed E-state index contributed by atoms with van der Waals surface area (Å²) in [5.74, 6) is 0. The van der Waals surface area contributed by atoms with Crippen molar-refractivity contribution < 1.29 is 14.9 Å². The maximum Gasteiger partial charge on any atom is 0.159 e. The molecule has 0 aromatic heterocycles. The Morgan fingerprint density at radius 1 is 1.69 bits per heavy atom. The minimum absolute atomic E-state index is 0.0940. The third-order valence-electron chi connectivity index (χ3n) is 2.81. The van der Waals surface area contributed by atoms with Gasteiger partial charge in [-0.3, -0.25) is 4.99 Å². The van der Waals surface area contributed by atoms with Crippen molar-refractivity contribution in [2.45, 2.75) is 30.1 Å². The highest BCUT2D eigenvalue weighted by atomic mass is 32.2. The van der Waals surface area contributed by atoms with E-state index in [1.54, 1.807) is 0 Å². The zero-order chi connectivity index (χ0) is 11.8. The van der Waals surface area contributed by atoms with E-state index in [2.05, 4.69) is 10.3 Å². The molecule has 92 valence electrons. The Morgan fingerprint density at radius 2 is 2.44 bits per heavy atom. The molecule has 5 N–H and O–H groups in total. The topological polar surface area (TPSA) is 100 Å². The Morgan fingerprint density at radius 3 is 3.06 bits per heavy atom. The first kappa shape index (κ1) is 12.1. The number of amidine groups is 1. The molecule has 0 amide bonds. The summed E-state index contributed by atoms with van der Waals surface area (Å²) >= 11 is 1.39. The lowest BCUT2D eigenvalue weighted by Gasteiger charge is -2.40. The molecule has 2 rings (SSSR count). The number of thioether (sulfide) groups is 1. The van der Waals surface area contributed by atoms with Crippen LogP contribution in [0.25, 0.3) is 0 Å². The van der Waals surface area contributed by atoms with Gasteiger partial charge in [0.2, 0.25) is 0 Å². The molecule has 2 heterocycles. The highest BCUT2D eigenvalue weighted by molar-refractivity contribution is 8.15. The van der Waals surface area contributed by atoms with Crippen molar-refractivity contribution in [3.63, 3.8) is 0 Å². The molecule has 4 atom stereocenters. The van der Waals surface area contributed by atoms with Crippen LogP contribution in [0.1, 0.15) is 6.92 Å². The number of hydrogen-bond acceptors (Lipinski definition) is 7. The van der Waals surface area contributed by atoms with Crippen LogP contribution in [0.4, 0.5) is 0 Å². The van der Waals surface area contributed by atoms with E-state index in [1.807, 2.05) is 6.92 Å². The Bertz CT molecular complexity index is 302. The lowest BCUT2D eigenvalue weighted by Crippen LogP contribution is -2.59. The van der Waals surface area contributed by atoms with Gasteiger partial charge in [0.05, 0.1) is 6.61 Å². The van der Waals surface area contributed by atoms with Crippen molar-refractivity contribution in [2.75, 3.05) is 19.7 Å². The fraction of sp³-hybridized carbons (Fsp3) is 0.889. The van der Waals surface area contributed by atoms with Crippen molar-refractivity contribution in [2.24, 2.45) is 10.7 Å². The van der Waals surface area contributed by atoms with Gasteiger partial charge in [0, 0.05) is 13.1 Å². The lowest BCUT2D eigenvalue weighted by atomic mass is 9.97. The molecule has 0 saturated carbocycles. The van der Waals surface area contributed by atoms with Crippen molar-refractivity contribution in [3.05, 3.63) is 0 Å². The van der Waals surface area contributed by atoms with Crippen molar-refractivity contribution in [1.29, 1.82) is 0 Å². The summed E-state index contributed by atoms with van der Waals surface area (Å²) < 4.78 is 5.57. The molecule has 4 unspecified atom stereocenters. The molecule has 1 fully saturated rings. The van der Waals surface area contributed by atoms with E-state index in [4.69, 9.17) is 10.5 Å². The smallest absolute Gasteiger partial charge is 0.159 e. The Labute approximate surface area is 98.3 Å². The van der Waals surface area contributed by atoms with E-state index >= 15 is 0 Å². The van der Waals surface area contributed by atoms with Gasteiger partial charge in [-0.15, -0.1) is 0 Å². The van der Waals surface area contributed by atoms with Crippen LogP contribution < -0.4 is 11.1 Å². The number of aliphatic hydroxyl groups is 2. The predicted octanol–water partition coefficient (Wildman–Crippen LogP) is -1.53. The third-order valence-corrected chi connectivity index (χ3v) is 4.12. The standard InChI is InChI=1S/C9H17N3O3S/c1-2-11-8-12-7-6(14)5(13)3-15-9(7,4-10)16-8/h5-7,13-14H,2-4,10H2,1H3,(H,11,12). The first-order valence-electron chi connectivity index (χ1n) is 5.34. The molecule has 2 aliphatic rings. The third kappa shape index (κ3) is 1.82. The summed E-state index contributed by atoms with van der Waals surface area (Å²) in [6.07, 6.45) is -1.81. The number of hydrogen-bond donors (Lipinski definition) is 4. The molecule has 0 aromatic carbocycles.